The van der Waals surface area contributed by atoms with Gasteiger partial charge in [-0.25, -0.2) is 0 Å². The van der Waals surface area contributed by atoms with E-state index in [1.54, 1.807) is 0 Å². The lowest BCUT2D eigenvalue weighted by Gasteiger charge is -2.07. The summed E-state index contributed by atoms with van der Waals surface area (Å²) in [5.41, 5.74) is 1.41. The first kappa shape index (κ1) is 13.4. The summed E-state index contributed by atoms with van der Waals surface area (Å²) in [6.07, 6.45) is 0. The van der Waals surface area contributed by atoms with Gasteiger partial charge in [-0.3, -0.25) is 4.79 Å². The lowest BCUT2D eigenvalue weighted by Crippen LogP contribution is -2.02. The smallest absolute Gasteiger partial charge is 0.193 e. The fourth-order valence-corrected chi connectivity index (χ4v) is 2.45. The zero-order valence-corrected chi connectivity index (χ0v) is 11.9. The Morgan fingerprint density at radius 3 is 2.38 bits per heavy atom. The molecule has 3 aromatic carbocycles. The predicted octanol–water partition coefficient (Wildman–Crippen LogP) is 4.47. The second-order valence-corrected chi connectivity index (χ2v) is 4.81. The first-order chi connectivity index (χ1) is 10.3. The highest BCUT2D eigenvalue weighted by Crippen LogP contribution is 2.22. The lowest BCUT2D eigenvalue weighted by molar-refractivity contribution is 0.104. The number of hydrogen-bond donors (Lipinski definition) is 0. The zero-order valence-electron chi connectivity index (χ0n) is 11.9. The van der Waals surface area contributed by atoms with Gasteiger partial charge in [0.05, 0.1) is 6.61 Å². The largest absolute Gasteiger partial charge is 0.494 e. The highest BCUT2D eigenvalue weighted by atomic mass is 16.5. The number of carbonyl (C=O) groups excluding carboxylic acids is 1. The monoisotopic (exact) mass is 276 g/mol. The van der Waals surface area contributed by atoms with Gasteiger partial charge in [-0.1, -0.05) is 42.5 Å². The zero-order chi connectivity index (χ0) is 14.7. The molecule has 0 amide bonds. The molecule has 0 saturated carbocycles. The molecular formula is C19H16O2. The van der Waals surface area contributed by atoms with Crippen molar-refractivity contribution in [3.8, 4) is 5.75 Å². The van der Waals surface area contributed by atoms with E-state index in [4.69, 9.17) is 4.74 Å². The molecule has 0 N–H and O–H groups in total. The third-order valence-electron chi connectivity index (χ3n) is 3.46. The minimum Gasteiger partial charge on any atom is -0.494 e. The molecule has 0 fully saturated rings. The van der Waals surface area contributed by atoms with Gasteiger partial charge >= 0.3 is 0 Å². The summed E-state index contributed by atoms with van der Waals surface area (Å²) in [4.78, 5) is 12.7. The van der Waals surface area contributed by atoms with E-state index >= 15 is 0 Å². The van der Waals surface area contributed by atoms with Crippen molar-refractivity contribution in [1.82, 2.24) is 0 Å². The van der Waals surface area contributed by atoms with Crippen molar-refractivity contribution in [2.24, 2.45) is 0 Å². The molecule has 0 heterocycles. The van der Waals surface area contributed by atoms with Crippen LogP contribution in [0.3, 0.4) is 0 Å². The fraction of sp³-hybridized carbons (Fsp3) is 0.105. The van der Waals surface area contributed by atoms with Crippen molar-refractivity contribution in [3.05, 3.63) is 77.9 Å². The van der Waals surface area contributed by atoms with E-state index in [-0.39, 0.29) is 5.78 Å². The third kappa shape index (κ3) is 2.65. The standard InChI is InChI=1S/C19H16O2/c1-2-21-16-12-10-15(11-13-16)19(20)18-9-5-7-14-6-3-4-8-17(14)18/h3-13H,2H2,1H3. The maximum Gasteiger partial charge on any atom is 0.193 e. The van der Waals surface area contributed by atoms with E-state index in [1.165, 1.54) is 0 Å². The molecule has 0 aliphatic heterocycles. The van der Waals surface area contributed by atoms with Crippen LogP contribution in [0.1, 0.15) is 22.8 Å². The summed E-state index contributed by atoms with van der Waals surface area (Å²) in [6.45, 7) is 2.56. The Bertz CT molecular complexity index is 768. The Morgan fingerprint density at radius 2 is 1.62 bits per heavy atom. The highest BCUT2D eigenvalue weighted by molar-refractivity contribution is 6.16. The number of rotatable bonds is 4. The van der Waals surface area contributed by atoms with E-state index in [0.29, 0.717) is 12.2 Å². The molecule has 0 aliphatic carbocycles. The normalized spacial score (nSPS) is 10.5. The number of ketones is 1. The van der Waals surface area contributed by atoms with Crippen LogP contribution < -0.4 is 4.74 Å². The SMILES string of the molecule is CCOc1ccc(C(=O)c2cccc3ccccc23)cc1. The van der Waals surface area contributed by atoms with Gasteiger partial charge in [0.15, 0.2) is 5.78 Å². The molecule has 0 radical (unpaired) electrons. The molecule has 0 aromatic heterocycles. The summed E-state index contributed by atoms with van der Waals surface area (Å²) in [5.74, 6) is 0.821. The Morgan fingerprint density at radius 1 is 0.905 bits per heavy atom. The van der Waals surface area contributed by atoms with Crippen LogP contribution in [-0.2, 0) is 0 Å². The maximum absolute atomic E-state index is 12.7. The summed E-state index contributed by atoms with van der Waals surface area (Å²) in [6, 6.07) is 21.1. The summed E-state index contributed by atoms with van der Waals surface area (Å²) >= 11 is 0. The maximum atomic E-state index is 12.7. The Kier molecular flexibility index (Phi) is 3.69. The Hall–Kier alpha value is -2.61. The van der Waals surface area contributed by atoms with Gasteiger partial charge in [-0.2, -0.15) is 0 Å². The van der Waals surface area contributed by atoms with E-state index in [0.717, 1.165) is 22.1 Å². The van der Waals surface area contributed by atoms with E-state index in [1.807, 2.05) is 73.7 Å². The molecule has 0 aliphatic rings. The number of fused-ring (bicyclic) bond motifs is 1. The molecule has 0 unspecified atom stereocenters. The quantitative estimate of drug-likeness (QED) is 0.657. The van der Waals surface area contributed by atoms with Crippen molar-refractivity contribution >= 4 is 16.6 Å². The average Bonchev–Trinajstić information content (AvgIpc) is 2.55. The second kappa shape index (κ2) is 5.80. The number of carbonyl (C=O) groups is 1. The van der Waals surface area contributed by atoms with Crippen LogP contribution in [0.15, 0.2) is 66.7 Å². The van der Waals surface area contributed by atoms with E-state index < -0.39 is 0 Å². The topological polar surface area (TPSA) is 26.3 Å². The molecule has 0 spiro atoms. The molecule has 0 atom stereocenters. The molecule has 3 rings (SSSR count). The van der Waals surface area contributed by atoms with Crippen LogP contribution in [0.4, 0.5) is 0 Å². The van der Waals surface area contributed by atoms with Gasteiger partial charge in [0, 0.05) is 11.1 Å². The summed E-state index contributed by atoms with van der Waals surface area (Å²) < 4.78 is 5.41. The van der Waals surface area contributed by atoms with Gasteiger partial charge in [0.1, 0.15) is 5.75 Å². The van der Waals surface area contributed by atoms with Crippen LogP contribution in [-0.4, -0.2) is 12.4 Å². The van der Waals surface area contributed by atoms with Gasteiger partial charge < -0.3 is 4.74 Å². The van der Waals surface area contributed by atoms with Crippen molar-refractivity contribution < 1.29 is 9.53 Å². The minimum atomic E-state index is 0.0369. The Balaban J connectivity index is 2.00. The Labute approximate surface area is 124 Å². The molecule has 2 heteroatoms. The van der Waals surface area contributed by atoms with Crippen molar-refractivity contribution in [3.63, 3.8) is 0 Å². The van der Waals surface area contributed by atoms with Crippen LogP contribution in [0, 0.1) is 0 Å². The third-order valence-corrected chi connectivity index (χ3v) is 3.46. The van der Waals surface area contributed by atoms with Crippen LogP contribution >= 0.6 is 0 Å². The van der Waals surface area contributed by atoms with Crippen LogP contribution in [0.5, 0.6) is 5.75 Å². The first-order valence-electron chi connectivity index (χ1n) is 7.05. The van der Waals surface area contributed by atoms with Gasteiger partial charge in [-0.05, 0) is 42.0 Å². The van der Waals surface area contributed by atoms with Gasteiger partial charge in [0.25, 0.3) is 0 Å². The molecule has 21 heavy (non-hydrogen) atoms. The van der Waals surface area contributed by atoms with Crippen LogP contribution in [0.2, 0.25) is 0 Å². The highest BCUT2D eigenvalue weighted by Gasteiger charge is 2.12. The molecule has 104 valence electrons. The van der Waals surface area contributed by atoms with E-state index in [2.05, 4.69) is 0 Å². The second-order valence-electron chi connectivity index (χ2n) is 4.81. The van der Waals surface area contributed by atoms with Crippen molar-refractivity contribution in [2.75, 3.05) is 6.61 Å². The van der Waals surface area contributed by atoms with Gasteiger partial charge in [0.2, 0.25) is 0 Å². The molecule has 3 aromatic rings. The number of ether oxygens (including phenoxy) is 1. The first-order valence-corrected chi connectivity index (χ1v) is 7.05. The van der Waals surface area contributed by atoms with Crippen molar-refractivity contribution in [2.45, 2.75) is 6.92 Å². The van der Waals surface area contributed by atoms with Crippen LogP contribution in [0.25, 0.3) is 10.8 Å². The fourth-order valence-electron chi connectivity index (χ4n) is 2.45. The number of benzene rings is 3. The molecular weight excluding hydrogens is 260 g/mol. The van der Waals surface area contributed by atoms with Crippen molar-refractivity contribution in [1.29, 1.82) is 0 Å². The molecule has 0 saturated heterocycles. The lowest BCUT2D eigenvalue weighted by atomic mass is 9.97. The average molecular weight is 276 g/mol. The van der Waals surface area contributed by atoms with E-state index in [9.17, 15) is 4.79 Å². The summed E-state index contributed by atoms with van der Waals surface area (Å²) in [7, 11) is 0. The minimum absolute atomic E-state index is 0.0369. The van der Waals surface area contributed by atoms with Gasteiger partial charge in [-0.15, -0.1) is 0 Å². The number of hydrogen-bond acceptors (Lipinski definition) is 2. The summed E-state index contributed by atoms with van der Waals surface area (Å²) in [5, 5.41) is 2.06. The molecule has 0 bridgehead atoms. The predicted molar refractivity (Wildman–Crippen MR) is 85.0 cm³/mol. The molecule has 2 nitrogen and oxygen atoms in total.